The summed E-state index contributed by atoms with van der Waals surface area (Å²) in [6.07, 6.45) is 7.16. The molecule has 118 valence electrons. The van der Waals surface area contributed by atoms with Crippen LogP contribution in [0.2, 0.25) is 0 Å². The van der Waals surface area contributed by atoms with Crippen molar-refractivity contribution in [3.05, 3.63) is 48.6 Å². The first-order chi connectivity index (χ1) is 11.3. The second-order valence-electron chi connectivity index (χ2n) is 5.58. The van der Waals surface area contributed by atoms with Crippen molar-refractivity contribution < 1.29 is 13.7 Å². The van der Waals surface area contributed by atoms with Gasteiger partial charge in [-0.3, -0.25) is 9.48 Å². The Morgan fingerprint density at radius 2 is 2.30 bits per heavy atom. The number of carbonyl (C=O) groups excluding carboxylic acids is 1. The Balaban J connectivity index is 1.51. The van der Waals surface area contributed by atoms with E-state index in [0.29, 0.717) is 23.8 Å². The number of hydrogen-bond acceptors (Lipinski definition) is 5. The summed E-state index contributed by atoms with van der Waals surface area (Å²) < 4.78 is 12.3. The standard InChI is InChI=1S/C16H16N4O3/c21-16(13-10-15(23-18-13)14-5-2-9-22-14)20-8-1-4-12(20)11-19-7-3-6-17-19/h2-3,5-7,9-10,12H,1,4,8,11H2/t12-/m1/s1. The molecule has 4 rings (SSSR count). The largest absolute Gasteiger partial charge is 0.461 e. The van der Waals surface area contributed by atoms with Crippen molar-refractivity contribution in [3.8, 4) is 11.5 Å². The van der Waals surface area contributed by atoms with Gasteiger partial charge in [-0.15, -0.1) is 0 Å². The summed E-state index contributed by atoms with van der Waals surface area (Å²) in [5, 5.41) is 8.12. The maximum atomic E-state index is 12.7. The van der Waals surface area contributed by atoms with Crippen LogP contribution in [0, 0.1) is 0 Å². The molecule has 0 bridgehead atoms. The molecule has 7 heteroatoms. The first-order valence-corrected chi connectivity index (χ1v) is 7.60. The van der Waals surface area contributed by atoms with E-state index in [1.165, 1.54) is 0 Å². The van der Waals surface area contributed by atoms with Crippen molar-refractivity contribution in [2.75, 3.05) is 6.54 Å². The summed E-state index contributed by atoms with van der Waals surface area (Å²) in [6.45, 7) is 1.43. The van der Waals surface area contributed by atoms with Crippen molar-refractivity contribution in [2.24, 2.45) is 0 Å². The molecule has 4 heterocycles. The second-order valence-corrected chi connectivity index (χ2v) is 5.58. The average Bonchev–Trinajstić information content (AvgIpc) is 3.33. The molecular weight excluding hydrogens is 296 g/mol. The van der Waals surface area contributed by atoms with Gasteiger partial charge in [-0.25, -0.2) is 0 Å². The molecule has 0 unspecified atom stereocenters. The molecule has 0 N–H and O–H groups in total. The summed E-state index contributed by atoms with van der Waals surface area (Å²) in [6, 6.07) is 7.18. The SMILES string of the molecule is O=C(c1cc(-c2ccco2)on1)N1CCC[C@@H]1Cn1cccn1. The van der Waals surface area contributed by atoms with Gasteiger partial charge in [0, 0.05) is 25.0 Å². The highest BCUT2D eigenvalue weighted by molar-refractivity contribution is 5.93. The van der Waals surface area contributed by atoms with E-state index in [2.05, 4.69) is 10.3 Å². The Morgan fingerprint density at radius 1 is 1.35 bits per heavy atom. The zero-order chi connectivity index (χ0) is 15.6. The zero-order valence-electron chi connectivity index (χ0n) is 12.5. The van der Waals surface area contributed by atoms with E-state index >= 15 is 0 Å². The number of carbonyl (C=O) groups is 1. The van der Waals surface area contributed by atoms with Crippen LogP contribution in [-0.4, -0.2) is 38.3 Å². The molecule has 0 spiro atoms. The predicted octanol–water partition coefficient (Wildman–Crippen LogP) is 2.44. The van der Waals surface area contributed by atoms with Crippen molar-refractivity contribution in [1.29, 1.82) is 0 Å². The van der Waals surface area contributed by atoms with E-state index in [1.54, 1.807) is 30.7 Å². The summed E-state index contributed by atoms with van der Waals surface area (Å²) in [4.78, 5) is 14.6. The number of rotatable bonds is 4. The minimum atomic E-state index is -0.110. The molecule has 23 heavy (non-hydrogen) atoms. The second kappa shape index (κ2) is 5.75. The van der Waals surface area contributed by atoms with Gasteiger partial charge in [0.2, 0.25) is 5.76 Å². The number of amides is 1. The normalized spacial score (nSPS) is 17.7. The molecule has 1 atom stereocenters. The minimum Gasteiger partial charge on any atom is -0.461 e. The number of aromatic nitrogens is 3. The van der Waals surface area contributed by atoms with Crippen LogP contribution in [0.1, 0.15) is 23.3 Å². The van der Waals surface area contributed by atoms with Gasteiger partial charge in [-0.1, -0.05) is 5.16 Å². The van der Waals surface area contributed by atoms with Gasteiger partial charge >= 0.3 is 0 Å². The third-order valence-corrected chi connectivity index (χ3v) is 4.09. The van der Waals surface area contributed by atoms with Crippen LogP contribution in [-0.2, 0) is 6.54 Å². The molecule has 1 aliphatic rings. The van der Waals surface area contributed by atoms with Gasteiger partial charge in [0.25, 0.3) is 5.91 Å². The number of nitrogens with zero attached hydrogens (tertiary/aromatic N) is 4. The molecular formula is C16H16N4O3. The van der Waals surface area contributed by atoms with Crippen LogP contribution in [0.3, 0.4) is 0 Å². The van der Waals surface area contributed by atoms with Crippen molar-refractivity contribution in [1.82, 2.24) is 19.8 Å². The lowest BCUT2D eigenvalue weighted by Crippen LogP contribution is -2.38. The van der Waals surface area contributed by atoms with Crippen molar-refractivity contribution in [2.45, 2.75) is 25.4 Å². The Hall–Kier alpha value is -2.83. The van der Waals surface area contributed by atoms with Crippen LogP contribution in [0.15, 0.2) is 51.9 Å². The molecule has 1 saturated heterocycles. The molecule has 3 aromatic heterocycles. The highest BCUT2D eigenvalue weighted by Gasteiger charge is 2.31. The molecule has 0 radical (unpaired) electrons. The van der Waals surface area contributed by atoms with E-state index in [1.807, 2.05) is 21.8 Å². The molecule has 3 aromatic rings. The van der Waals surface area contributed by atoms with Crippen LogP contribution in [0.4, 0.5) is 0 Å². The lowest BCUT2D eigenvalue weighted by Gasteiger charge is -2.23. The Bertz CT molecular complexity index is 776. The number of furan rings is 1. The van der Waals surface area contributed by atoms with Crippen LogP contribution in [0.25, 0.3) is 11.5 Å². The zero-order valence-corrected chi connectivity index (χ0v) is 12.5. The Morgan fingerprint density at radius 3 is 3.09 bits per heavy atom. The molecule has 0 aliphatic carbocycles. The fourth-order valence-corrected chi connectivity index (χ4v) is 2.98. The van der Waals surface area contributed by atoms with E-state index < -0.39 is 0 Å². The first kappa shape index (κ1) is 13.8. The quantitative estimate of drug-likeness (QED) is 0.739. The van der Waals surface area contributed by atoms with E-state index in [0.717, 1.165) is 19.4 Å². The third-order valence-electron chi connectivity index (χ3n) is 4.09. The lowest BCUT2D eigenvalue weighted by atomic mass is 10.2. The van der Waals surface area contributed by atoms with Crippen molar-refractivity contribution in [3.63, 3.8) is 0 Å². The summed E-state index contributed by atoms with van der Waals surface area (Å²) >= 11 is 0. The summed E-state index contributed by atoms with van der Waals surface area (Å²) in [7, 11) is 0. The van der Waals surface area contributed by atoms with Gasteiger partial charge in [0.1, 0.15) is 0 Å². The monoisotopic (exact) mass is 312 g/mol. The fourth-order valence-electron chi connectivity index (χ4n) is 2.98. The van der Waals surface area contributed by atoms with E-state index in [-0.39, 0.29) is 11.9 Å². The highest BCUT2D eigenvalue weighted by atomic mass is 16.5. The summed E-state index contributed by atoms with van der Waals surface area (Å²) in [5.41, 5.74) is 0.309. The lowest BCUT2D eigenvalue weighted by molar-refractivity contribution is 0.0711. The number of hydrogen-bond donors (Lipinski definition) is 0. The van der Waals surface area contributed by atoms with Gasteiger partial charge in [-0.2, -0.15) is 5.10 Å². The molecule has 0 aromatic carbocycles. The third kappa shape index (κ3) is 2.65. The first-order valence-electron chi connectivity index (χ1n) is 7.60. The maximum absolute atomic E-state index is 12.7. The van der Waals surface area contributed by atoms with E-state index in [9.17, 15) is 4.79 Å². The van der Waals surface area contributed by atoms with Crippen molar-refractivity contribution >= 4 is 5.91 Å². The Labute approximate surface area is 132 Å². The van der Waals surface area contributed by atoms with Crippen LogP contribution < -0.4 is 0 Å². The van der Waals surface area contributed by atoms with Gasteiger partial charge in [0.15, 0.2) is 11.5 Å². The fraction of sp³-hybridized carbons (Fsp3) is 0.312. The van der Waals surface area contributed by atoms with Crippen LogP contribution >= 0.6 is 0 Å². The Kier molecular flexibility index (Phi) is 3.45. The van der Waals surface area contributed by atoms with Gasteiger partial charge in [0.05, 0.1) is 18.8 Å². The number of likely N-dealkylation sites (tertiary alicyclic amines) is 1. The highest BCUT2D eigenvalue weighted by Crippen LogP contribution is 2.24. The molecule has 1 amide bonds. The minimum absolute atomic E-state index is 0.110. The topological polar surface area (TPSA) is 77.3 Å². The van der Waals surface area contributed by atoms with E-state index in [4.69, 9.17) is 8.94 Å². The maximum Gasteiger partial charge on any atom is 0.276 e. The average molecular weight is 312 g/mol. The van der Waals surface area contributed by atoms with Crippen LogP contribution in [0.5, 0.6) is 0 Å². The molecule has 7 nitrogen and oxygen atoms in total. The van der Waals surface area contributed by atoms with Gasteiger partial charge < -0.3 is 13.8 Å². The molecule has 1 fully saturated rings. The smallest absolute Gasteiger partial charge is 0.276 e. The summed E-state index contributed by atoms with van der Waals surface area (Å²) in [5.74, 6) is 0.911. The predicted molar refractivity (Wildman–Crippen MR) is 80.5 cm³/mol. The molecule has 0 saturated carbocycles. The van der Waals surface area contributed by atoms with Gasteiger partial charge in [-0.05, 0) is 31.0 Å². The molecule has 1 aliphatic heterocycles.